The van der Waals surface area contributed by atoms with Crippen LogP contribution >= 0.6 is 57.6 Å². The van der Waals surface area contributed by atoms with Gasteiger partial charge in [-0.15, -0.1) is 34.4 Å². The molecule has 4 aromatic carbocycles. The molecule has 4 N–H and O–H groups in total. The van der Waals surface area contributed by atoms with Gasteiger partial charge in [0.1, 0.15) is 43.5 Å². The lowest BCUT2D eigenvalue weighted by Gasteiger charge is -2.43. The fourth-order valence-electron chi connectivity index (χ4n) is 8.64. The van der Waals surface area contributed by atoms with Crippen molar-refractivity contribution < 1.29 is 74.9 Å². The second-order valence-electron chi connectivity index (χ2n) is 17.3. The fraction of sp³-hybridized carbons (Fsp3) is 0.209. The molecule has 0 fully saturated rings. The van der Waals surface area contributed by atoms with Crippen LogP contribution < -0.4 is 29.5 Å². The highest BCUT2D eigenvalue weighted by atomic mass is 35.5. The van der Waals surface area contributed by atoms with Crippen LogP contribution in [0, 0.1) is 11.6 Å². The number of halogens is 4. The summed E-state index contributed by atoms with van der Waals surface area (Å²) in [5.74, 6) is -5.95. The summed E-state index contributed by atoms with van der Waals surface area (Å²) >= 11 is 13.9. The quantitative estimate of drug-likeness (QED) is 0.0353. The number of anilines is 1. The number of nitrogens with zero attached hydrogens (tertiary/aromatic N) is 2. The van der Waals surface area contributed by atoms with E-state index in [1.165, 1.54) is 36.4 Å². The Morgan fingerprint density at radius 2 is 1.34 bits per heavy atom. The third-order valence-electron chi connectivity index (χ3n) is 12.6. The number of hydrogen-bond donors (Lipinski definition) is 4. The van der Waals surface area contributed by atoms with Gasteiger partial charge in [-0.25, -0.2) is 13.4 Å². The maximum atomic E-state index is 17.8. The number of esters is 1. The molecule has 0 unspecified atom stereocenters. The van der Waals surface area contributed by atoms with Crippen LogP contribution in [-0.2, 0) is 56.3 Å². The van der Waals surface area contributed by atoms with Gasteiger partial charge in [-0.3, -0.25) is 23.0 Å². The van der Waals surface area contributed by atoms with Crippen molar-refractivity contribution in [3.63, 3.8) is 0 Å². The highest BCUT2D eigenvalue weighted by molar-refractivity contribution is 8.00. The summed E-state index contributed by atoms with van der Waals surface area (Å²) in [5, 5.41) is -0.776. The minimum Gasteiger partial charge on any atom is -0.456 e. The van der Waals surface area contributed by atoms with Crippen molar-refractivity contribution in [1.29, 1.82) is 0 Å². The molecule has 3 aliphatic heterocycles. The van der Waals surface area contributed by atoms with Crippen molar-refractivity contribution in [2.45, 2.75) is 61.9 Å². The third-order valence-corrected chi connectivity index (χ3v) is 20.8. The molecular weight excluding hydrogens is 1120 g/mol. The van der Waals surface area contributed by atoms with Gasteiger partial charge in [-0.1, -0.05) is 23.2 Å². The van der Waals surface area contributed by atoms with Gasteiger partial charge in [0.25, 0.3) is 20.2 Å². The van der Waals surface area contributed by atoms with Crippen LogP contribution in [0.3, 0.4) is 0 Å². The number of thiophene rings is 2. The van der Waals surface area contributed by atoms with Crippen LogP contribution in [0.15, 0.2) is 77.7 Å². The summed E-state index contributed by atoms with van der Waals surface area (Å²) in [6, 6.07) is 10.3. The predicted molar refractivity (Wildman–Crippen MR) is 260 cm³/mol. The molecule has 0 aliphatic carbocycles. The van der Waals surface area contributed by atoms with Gasteiger partial charge in [0, 0.05) is 75.5 Å². The number of ether oxygens (including phenoxy) is 2. The maximum absolute atomic E-state index is 17.8. The molecule has 0 amide bonds. The Labute approximate surface area is 425 Å². The van der Waals surface area contributed by atoms with Gasteiger partial charge in [0.05, 0.1) is 42.7 Å². The van der Waals surface area contributed by atoms with Crippen LogP contribution in [0.5, 0.6) is 17.2 Å². The highest BCUT2D eigenvalue weighted by Crippen LogP contribution is 2.55. The van der Waals surface area contributed by atoms with Crippen LogP contribution in [0.2, 0.25) is 10.0 Å². The van der Waals surface area contributed by atoms with Crippen molar-refractivity contribution in [3.8, 4) is 38.1 Å². The molecule has 2 aromatic heterocycles. The topological polar surface area (TPSA) is 259 Å². The maximum Gasteiger partial charge on any atom is 0.321 e. The van der Waals surface area contributed by atoms with E-state index in [2.05, 4.69) is 0 Å². The Bertz CT molecular complexity index is 4040. The number of carbonyl (C=O) groups excluding carboxylic acids is 1. The number of fused-ring (bicyclic) bond motifs is 8. The summed E-state index contributed by atoms with van der Waals surface area (Å²) in [6.45, 7) is 7.15. The van der Waals surface area contributed by atoms with E-state index in [1.54, 1.807) is 51.3 Å². The Hall–Kier alpha value is -4.55. The van der Waals surface area contributed by atoms with Gasteiger partial charge < -0.3 is 14.4 Å². The zero-order chi connectivity index (χ0) is 52.2. The van der Waals surface area contributed by atoms with E-state index in [9.17, 15) is 56.7 Å². The van der Waals surface area contributed by atoms with E-state index in [-0.39, 0.29) is 33.4 Å². The van der Waals surface area contributed by atoms with E-state index < -0.39 is 125 Å². The molecule has 0 saturated heterocycles. The van der Waals surface area contributed by atoms with Crippen molar-refractivity contribution in [1.82, 2.24) is 4.58 Å². The molecule has 0 radical (unpaired) electrons. The van der Waals surface area contributed by atoms with Gasteiger partial charge in [-0.2, -0.15) is 33.7 Å². The summed E-state index contributed by atoms with van der Waals surface area (Å²) in [7, 11) is -16.7. The molecule has 17 nitrogen and oxygen atoms in total. The zero-order valence-corrected chi connectivity index (χ0v) is 44.2. The average molecular weight is 1150 g/mol. The van der Waals surface area contributed by atoms with E-state index in [0.29, 0.717) is 72.4 Å². The monoisotopic (exact) mass is 1150 g/mol. The lowest BCUT2D eigenvalue weighted by Crippen LogP contribution is -2.46. The Balaban J connectivity index is 1.33. The normalized spacial score (nSPS) is 15.8. The molecule has 3 aliphatic rings. The molecular formula is C43H33Cl2F2N2O15S7+. The molecule has 71 heavy (non-hydrogen) atoms. The second kappa shape index (κ2) is 16.7. The van der Waals surface area contributed by atoms with Crippen LogP contribution in [0.1, 0.15) is 49.9 Å². The molecule has 0 saturated carbocycles. The first-order valence-electron chi connectivity index (χ1n) is 20.1. The average Bonchev–Trinajstić information content (AvgIpc) is 3.93. The van der Waals surface area contributed by atoms with Gasteiger partial charge in [0.2, 0.25) is 5.36 Å². The Kier molecular flexibility index (Phi) is 12.1. The molecule has 0 atom stereocenters. The number of carbonyl (C=O) groups is 1. The summed E-state index contributed by atoms with van der Waals surface area (Å²) in [4.78, 5) is 12.7. The number of benzene rings is 4. The molecule has 0 spiro atoms. The molecule has 374 valence electrons. The first-order valence-corrected chi connectivity index (χ1v) is 29.2. The van der Waals surface area contributed by atoms with Crippen molar-refractivity contribution in [2.24, 2.45) is 0 Å². The van der Waals surface area contributed by atoms with Crippen molar-refractivity contribution >= 4 is 115 Å². The lowest BCUT2D eigenvalue weighted by atomic mass is 9.83. The van der Waals surface area contributed by atoms with E-state index >= 15 is 8.78 Å². The number of rotatable bonds is 9. The summed E-state index contributed by atoms with van der Waals surface area (Å²) in [6.07, 6.45) is 0. The highest BCUT2D eigenvalue weighted by Gasteiger charge is 2.44. The van der Waals surface area contributed by atoms with E-state index in [0.717, 1.165) is 12.1 Å². The largest absolute Gasteiger partial charge is 0.456 e. The Morgan fingerprint density at radius 3 is 1.90 bits per heavy atom. The molecule has 0 bridgehead atoms. The smallest absolute Gasteiger partial charge is 0.321 e. The number of thioether (sulfide) groups is 1. The number of hydrogen-bond acceptors (Lipinski definition) is 15. The van der Waals surface area contributed by atoms with Crippen LogP contribution in [0.4, 0.5) is 14.5 Å². The minimum atomic E-state index is -5.73. The lowest BCUT2D eigenvalue weighted by molar-refractivity contribution is -0.131. The van der Waals surface area contributed by atoms with Crippen molar-refractivity contribution in [2.75, 3.05) is 24.7 Å². The van der Waals surface area contributed by atoms with E-state index in [4.69, 9.17) is 32.7 Å². The fourth-order valence-corrected chi connectivity index (χ4v) is 15.4. The molecule has 5 heterocycles. The zero-order valence-electron chi connectivity index (χ0n) is 36.9. The summed E-state index contributed by atoms with van der Waals surface area (Å²) < 4.78 is 188. The molecule has 28 heteroatoms. The molecule has 9 rings (SSSR count). The SMILES string of the molecule is CN1c2cc3c(cc2-c2sc(S(=O)(=O)O)cc2C1(C)C)C(c1c(F)c(SCC(=O)Oc2c(Cl)cc(S(=O)(=O)O)cc2Cl)cc(F)c1S(=O)(=O)O)=c1cc2c(cc1O3)=[N+](C)C(C)(C)c1cc(S(=O)(=O)O)sc1-2. The third kappa shape index (κ3) is 8.46. The van der Waals surface area contributed by atoms with E-state index in [1.807, 2.05) is 0 Å². The molecule has 6 aromatic rings. The second-order valence-corrected chi connectivity index (χ2v) is 27.3. The Morgan fingerprint density at radius 1 is 0.761 bits per heavy atom. The first-order chi connectivity index (χ1) is 32.6. The predicted octanol–water partition coefficient (Wildman–Crippen LogP) is 7.82. The van der Waals surface area contributed by atoms with Gasteiger partial charge >= 0.3 is 26.2 Å². The minimum absolute atomic E-state index is 0.0661. The van der Waals surface area contributed by atoms with Crippen LogP contribution in [0.25, 0.3) is 26.5 Å². The van der Waals surface area contributed by atoms with Gasteiger partial charge in [-0.05, 0) is 61.9 Å². The van der Waals surface area contributed by atoms with Crippen LogP contribution in [-0.4, -0.2) is 77.7 Å². The van der Waals surface area contributed by atoms with Crippen molar-refractivity contribution in [3.05, 3.63) is 109 Å². The standard InChI is InChI=1S/C43H32Cl2F2N2O15S7/c1-42(2)22-11-33(69(54,55)56)66-39(22)18-9-20-29(14-27(18)48(42)5)63-30-15-28-19(40-23(43(3,4)49(28)6)12-34(67-40)70(57,58)59)10-21(30)35(20)36-37(47)31(13-26(46)41(36)71(60,61)62)65-16-32(50)64-38-24(44)7-17(8-25(38)45)68(51,52)53/h7-15H,16H2,1-6H3,(H3-,51,52,53,54,55,56,57,58,59,60,61,62)/p+1. The summed E-state index contributed by atoms with van der Waals surface area (Å²) in [5.41, 5.74) is -1.67. The first kappa shape index (κ1) is 51.4. The van der Waals surface area contributed by atoms with Gasteiger partial charge in [0.15, 0.2) is 11.3 Å².